The van der Waals surface area contributed by atoms with Crippen LogP contribution in [0.1, 0.15) is 36.5 Å². The minimum Gasteiger partial charge on any atom is -0.347 e. The lowest BCUT2D eigenvalue weighted by atomic mass is 10.0. The number of likely N-dealkylation sites (tertiary alicyclic amines) is 1. The van der Waals surface area contributed by atoms with Gasteiger partial charge in [0.15, 0.2) is 0 Å². The van der Waals surface area contributed by atoms with Gasteiger partial charge in [-0.2, -0.15) is 0 Å². The molecule has 136 valence electrons. The fourth-order valence-electron chi connectivity index (χ4n) is 3.56. The van der Waals surface area contributed by atoms with Gasteiger partial charge >= 0.3 is 0 Å². The average molecular weight is 363 g/mol. The minimum atomic E-state index is -3.26. The highest BCUT2D eigenvalue weighted by Crippen LogP contribution is 2.26. The lowest BCUT2D eigenvalue weighted by molar-refractivity contribution is 0.0620. The Morgan fingerprint density at radius 3 is 2.76 bits per heavy atom. The zero-order chi connectivity index (χ0) is 18.0. The molecule has 0 radical (unpaired) electrons. The molecule has 0 aliphatic carbocycles. The van der Waals surface area contributed by atoms with Crippen molar-refractivity contribution in [1.82, 2.24) is 14.2 Å². The van der Waals surface area contributed by atoms with Crippen molar-refractivity contribution >= 4 is 26.8 Å². The van der Waals surface area contributed by atoms with Crippen molar-refractivity contribution in [2.75, 3.05) is 19.3 Å². The Morgan fingerprint density at radius 2 is 2.04 bits per heavy atom. The van der Waals surface area contributed by atoms with Crippen molar-refractivity contribution < 1.29 is 13.2 Å². The Labute approximate surface area is 148 Å². The summed E-state index contributed by atoms with van der Waals surface area (Å²) in [4.78, 5) is 15.1. The molecule has 6 nitrogen and oxygen atoms in total. The van der Waals surface area contributed by atoms with E-state index in [9.17, 15) is 13.2 Å². The third-order valence-corrected chi connectivity index (χ3v) is 5.52. The molecule has 2 aromatic rings. The number of piperidine rings is 1. The number of amides is 1. The average Bonchev–Trinajstić information content (AvgIpc) is 2.98. The number of para-hydroxylation sites is 1. The van der Waals surface area contributed by atoms with Gasteiger partial charge in [-0.3, -0.25) is 4.79 Å². The largest absolute Gasteiger partial charge is 0.347 e. The number of nitrogens with zero attached hydrogens (tertiary/aromatic N) is 2. The zero-order valence-corrected chi connectivity index (χ0v) is 15.6. The molecule has 1 aliphatic rings. The molecule has 1 atom stereocenters. The van der Waals surface area contributed by atoms with Crippen LogP contribution in [0.5, 0.6) is 0 Å². The Hall–Kier alpha value is -1.86. The summed E-state index contributed by atoms with van der Waals surface area (Å²) in [6.45, 7) is 3.80. The number of aromatic nitrogens is 1. The first-order chi connectivity index (χ1) is 11.9. The van der Waals surface area contributed by atoms with Crippen LogP contribution in [0.4, 0.5) is 0 Å². The Balaban J connectivity index is 1.90. The Kier molecular flexibility index (Phi) is 5.15. The summed E-state index contributed by atoms with van der Waals surface area (Å²) in [7, 11) is -3.26. The number of nitrogens with one attached hydrogen (secondary N) is 1. The number of rotatable bonds is 5. The smallest absolute Gasteiger partial charge is 0.256 e. The monoisotopic (exact) mass is 363 g/mol. The number of sulfonamides is 1. The molecule has 1 fully saturated rings. The predicted octanol–water partition coefficient (Wildman–Crippen LogP) is 2.21. The van der Waals surface area contributed by atoms with Crippen LogP contribution in [0.3, 0.4) is 0 Å². The molecule has 3 rings (SSSR count). The molecule has 1 saturated heterocycles. The predicted molar refractivity (Wildman–Crippen MR) is 99.1 cm³/mol. The van der Waals surface area contributed by atoms with Gasteiger partial charge in [-0.1, -0.05) is 18.2 Å². The van der Waals surface area contributed by atoms with Gasteiger partial charge in [0, 0.05) is 42.8 Å². The standard InChI is InChI=1S/C18H25N3O3S/c1-3-20-13-16(15-9-4-5-10-17(15)20)18(22)21-11-7-6-8-14(21)12-19-25(2,23)24/h4-5,9-10,13-14,19H,3,6-8,11-12H2,1-2H3/t14-/m0/s1. The number of hydrogen-bond donors (Lipinski definition) is 1. The maximum atomic E-state index is 13.2. The molecule has 1 N–H and O–H groups in total. The van der Waals surface area contributed by atoms with E-state index < -0.39 is 10.0 Å². The van der Waals surface area contributed by atoms with Gasteiger partial charge in [-0.15, -0.1) is 0 Å². The van der Waals surface area contributed by atoms with Gasteiger partial charge in [0.05, 0.1) is 11.8 Å². The topological polar surface area (TPSA) is 71.4 Å². The highest BCUT2D eigenvalue weighted by Gasteiger charge is 2.29. The molecule has 7 heteroatoms. The van der Waals surface area contributed by atoms with Crippen LogP contribution in [0.2, 0.25) is 0 Å². The van der Waals surface area contributed by atoms with Gasteiger partial charge in [-0.25, -0.2) is 13.1 Å². The van der Waals surface area contributed by atoms with E-state index in [0.717, 1.165) is 43.0 Å². The van der Waals surface area contributed by atoms with E-state index in [2.05, 4.69) is 16.2 Å². The van der Waals surface area contributed by atoms with Crippen LogP contribution in [0.25, 0.3) is 10.9 Å². The van der Waals surface area contributed by atoms with Crippen molar-refractivity contribution in [3.05, 3.63) is 36.0 Å². The van der Waals surface area contributed by atoms with Crippen molar-refractivity contribution in [1.29, 1.82) is 0 Å². The summed E-state index contributed by atoms with van der Waals surface area (Å²) in [5.41, 5.74) is 1.75. The van der Waals surface area contributed by atoms with E-state index >= 15 is 0 Å². The van der Waals surface area contributed by atoms with E-state index in [1.165, 1.54) is 0 Å². The fraction of sp³-hybridized carbons (Fsp3) is 0.500. The highest BCUT2D eigenvalue weighted by molar-refractivity contribution is 7.88. The molecule has 1 aliphatic heterocycles. The SMILES string of the molecule is CCn1cc(C(=O)N2CCCC[C@H]2CNS(C)(=O)=O)c2ccccc21. The lowest BCUT2D eigenvalue weighted by Gasteiger charge is -2.35. The van der Waals surface area contributed by atoms with Crippen molar-refractivity contribution in [3.8, 4) is 0 Å². The summed E-state index contributed by atoms with van der Waals surface area (Å²) < 4.78 is 27.5. The van der Waals surface area contributed by atoms with Crippen LogP contribution in [0.15, 0.2) is 30.5 Å². The molecule has 0 unspecified atom stereocenters. The van der Waals surface area contributed by atoms with Crippen molar-refractivity contribution in [2.45, 2.75) is 38.8 Å². The molecule has 0 saturated carbocycles. The quantitative estimate of drug-likeness (QED) is 0.885. The zero-order valence-electron chi connectivity index (χ0n) is 14.7. The fourth-order valence-corrected chi connectivity index (χ4v) is 4.06. The summed E-state index contributed by atoms with van der Waals surface area (Å²) >= 11 is 0. The van der Waals surface area contributed by atoms with Crippen LogP contribution in [-0.2, 0) is 16.6 Å². The van der Waals surface area contributed by atoms with Gasteiger partial charge < -0.3 is 9.47 Å². The van der Waals surface area contributed by atoms with Gasteiger partial charge in [0.2, 0.25) is 10.0 Å². The van der Waals surface area contributed by atoms with Crippen LogP contribution >= 0.6 is 0 Å². The molecule has 2 heterocycles. The normalized spacial score (nSPS) is 18.6. The van der Waals surface area contributed by atoms with Crippen LogP contribution in [0, 0.1) is 0 Å². The second kappa shape index (κ2) is 7.17. The molecule has 25 heavy (non-hydrogen) atoms. The van der Waals surface area contributed by atoms with Crippen LogP contribution < -0.4 is 4.72 Å². The highest BCUT2D eigenvalue weighted by atomic mass is 32.2. The van der Waals surface area contributed by atoms with E-state index in [1.54, 1.807) is 0 Å². The third kappa shape index (κ3) is 3.88. The first kappa shape index (κ1) is 17.9. The number of benzene rings is 1. The maximum absolute atomic E-state index is 13.2. The number of carbonyl (C=O) groups is 1. The van der Waals surface area contributed by atoms with E-state index in [-0.39, 0.29) is 18.5 Å². The molecule has 0 bridgehead atoms. The number of carbonyl (C=O) groups excluding carboxylic acids is 1. The first-order valence-electron chi connectivity index (χ1n) is 8.74. The molecule has 1 aromatic heterocycles. The van der Waals surface area contributed by atoms with Gasteiger partial charge in [-0.05, 0) is 32.3 Å². The second-order valence-corrected chi connectivity index (χ2v) is 8.45. The van der Waals surface area contributed by atoms with Crippen LogP contribution in [-0.4, -0.2) is 49.2 Å². The summed E-state index contributed by atoms with van der Waals surface area (Å²) in [6.07, 6.45) is 5.85. The lowest BCUT2D eigenvalue weighted by Crippen LogP contribution is -2.49. The summed E-state index contributed by atoms with van der Waals surface area (Å²) in [6, 6.07) is 7.82. The number of hydrogen-bond acceptors (Lipinski definition) is 3. The van der Waals surface area contributed by atoms with E-state index in [4.69, 9.17) is 0 Å². The number of fused-ring (bicyclic) bond motifs is 1. The minimum absolute atomic E-state index is 0.0107. The summed E-state index contributed by atoms with van der Waals surface area (Å²) in [5, 5.41) is 0.953. The van der Waals surface area contributed by atoms with Crippen molar-refractivity contribution in [3.63, 3.8) is 0 Å². The van der Waals surface area contributed by atoms with Crippen molar-refractivity contribution in [2.24, 2.45) is 0 Å². The Morgan fingerprint density at radius 1 is 1.28 bits per heavy atom. The number of aryl methyl sites for hydroxylation is 1. The van der Waals surface area contributed by atoms with Gasteiger partial charge in [0.25, 0.3) is 5.91 Å². The molecular formula is C18H25N3O3S. The van der Waals surface area contributed by atoms with E-state index in [1.807, 2.05) is 35.4 Å². The molecule has 0 spiro atoms. The maximum Gasteiger partial charge on any atom is 0.256 e. The first-order valence-corrected chi connectivity index (χ1v) is 10.6. The van der Waals surface area contributed by atoms with E-state index in [0.29, 0.717) is 12.1 Å². The second-order valence-electron chi connectivity index (χ2n) is 6.61. The third-order valence-electron chi connectivity index (χ3n) is 4.83. The molecule has 1 aromatic carbocycles. The molecule has 1 amide bonds. The Bertz CT molecular complexity index is 873. The summed E-state index contributed by atoms with van der Waals surface area (Å²) in [5.74, 6) is -0.0107. The van der Waals surface area contributed by atoms with Gasteiger partial charge in [0.1, 0.15) is 0 Å². The molecular weight excluding hydrogens is 338 g/mol.